The SMILES string of the molecule is CN(C(=O)C1CNC(=O)C1)c1ccccn1. The quantitative estimate of drug-likeness (QED) is 0.771. The standard InChI is InChI=1S/C11H13N3O2/c1-14(9-4-2-3-5-12-9)11(16)8-6-10(15)13-7-8/h2-5,8H,6-7H2,1H3,(H,13,15). The molecule has 1 unspecified atom stereocenters. The highest BCUT2D eigenvalue weighted by atomic mass is 16.2. The van der Waals surface area contributed by atoms with E-state index < -0.39 is 0 Å². The first kappa shape index (κ1) is 10.6. The predicted octanol–water partition coefficient (Wildman–Crippen LogP) is 0.180. The summed E-state index contributed by atoms with van der Waals surface area (Å²) in [6.07, 6.45) is 1.91. The lowest BCUT2D eigenvalue weighted by Gasteiger charge is -2.18. The molecule has 0 radical (unpaired) electrons. The van der Waals surface area contributed by atoms with Crippen molar-refractivity contribution in [3.8, 4) is 0 Å². The Morgan fingerprint density at radius 1 is 1.56 bits per heavy atom. The van der Waals surface area contributed by atoms with Gasteiger partial charge in [-0.2, -0.15) is 0 Å². The van der Waals surface area contributed by atoms with Gasteiger partial charge >= 0.3 is 0 Å². The number of anilines is 1. The summed E-state index contributed by atoms with van der Waals surface area (Å²) >= 11 is 0. The molecule has 2 rings (SSSR count). The molecular formula is C11H13N3O2. The summed E-state index contributed by atoms with van der Waals surface area (Å²) < 4.78 is 0. The fourth-order valence-corrected chi connectivity index (χ4v) is 1.72. The van der Waals surface area contributed by atoms with Crippen LogP contribution in [-0.4, -0.2) is 30.4 Å². The molecule has 1 saturated heterocycles. The third kappa shape index (κ3) is 2.03. The third-order valence-electron chi connectivity index (χ3n) is 2.65. The average Bonchev–Trinajstić information content (AvgIpc) is 2.75. The maximum Gasteiger partial charge on any atom is 0.233 e. The lowest BCUT2D eigenvalue weighted by Crippen LogP contribution is -2.34. The summed E-state index contributed by atoms with van der Waals surface area (Å²) in [7, 11) is 1.67. The molecule has 5 nitrogen and oxygen atoms in total. The molecule has 84 valence electrons. The Hall–Kier alpha value is -1.91. The van der Waals surface area contributed by atoms with Crippen LogP contribution in [0, 0.1) is 5.92 Å². The van der Waals surface area contributed by atoms with E-state index in [9.17, 15) is 9.59 Å². The Balaban J connectivity index is 2.08. The normalized spacial score (nSPS) is 19.3. The maximum absolute atomic E-state index is 12.0. The van der Waals surface area contributed by atoms with Crippen LogP contribution in [0.15, 0.2) is 24.4 Å². The van der Waals surface area contributed by atoms with E-state index >= 15 is 0 Å². The van der Waals surface area contributed by atoms with E-state index in [4.69, 9.17) is 0 Å². The molecule has 0 aromatic carbocycles. The molecule has 1 aromatic heterocycles. The molecule has 1 aromatic rings. The van der Waals surface area contributed by atoms with Crippen molar-refractivity contribution in [3.63, 3.8) is 0 Å². The van der Waals surface area contributed by atoms with Crippen LogP contribution in [0.5, 0.6) is 0 Å². The molecule has 0 saturated carbocycles. The second-order valence-electron chi connectivity index (χ2n) is 3.79. The zero-order valence-corrected chi connectivity index (χ0v) is 9.01. The van der Waals surface area contributed by atoms with Gasteiger partial charge in [0.1, 0.15) is 5.82 Å². The molecule has 1 atom stereocenters. The monoisotopic (exact) mass is 219 g/mol. The first-order valence-electron chi connectivity index (χ1n) is 5.14. The Morgan fingerprint density at radius 3 is 2.94 bits per heavy atom. The van der Waals surface area contributed by atoms with E-state index in [1.54, 1.807) is 25.4 Å². The first-order chi connectivity index (χ1) is 7.68. The zero-order valence-electron chi connectivity index (χ0n) is 9.01. The summed E-state index contributed by atoms with van der Waals surface area (Å²) in [6, 6.07) is 5.38. The topological polar surface area (TPSA) is 62.3 Å². The van der Waals surface area contributed by atoms with Crippen molar-refractivity contribution in [1.82, 2.24) is 10.3 Å². The number of carbonyl (C=O) groups excluding carboxylic acids is 2. The second kappa shape index (κ2) is 4.30. The fraction of sp³-hybridized carbons (Fsp3) is 0.364. The lowest BCUT2D eigenvalue weighted by molar-refractivity contribution is -0.124. The van der Waals surface area contributed by atoms with Crippen LogP contribution in [0.2, 0.25) is 0 Å². The molecule has 1 N–H and O–H groups in total. The van der Waals surface area contributed by atoms with Gasteiger partial charge in [-0.15, -0.1) is 0 Å². The van der Waals surface area contributed by atoms with Crippen LogP contribution in [-0.2, 0) is 9.59 Å². The minimum absolute atomic E-state index is 0.0622. The highest BCUT2D eigenvalue weighted by Crippen LogP contribution is 2.16. The van der Waals surface area contributed by atoms with Gasteiger partial charge in [0.25, 0.3) is 0 Å². The van der Waals surface area contributed by atoms with Gasteiger partial charge in [0.2, 0.25) is 11.8 Å². The van der Waals surface area contributed by atoms with E-state index in [1.807, 2.05) is 6.07 Å². The van der Waals surface area contributed by atoms with Crippen LogP contribution in [0.25, 0.3) is 0 Å². The van der Waals surface area contributed by atoms with Gasteiger partial charge in [0, 0.05) is 26.2 Å². The number of aromatic nitrogens is 1. The molecule has 0 aliphatic carbocycles. The Morgan fingerprint density at radius 2 is 2.38 bits per heavy atom. The number of nitrogens with zero attached hydrogens (tertiary/aromatic N) is 2. The van der Waals surface area contributed by atoms with Gasteiger partial charge in [-0.3, -0.25) is 14.5 Å². The van der Waals surface area contributed by atoms with E-state index in [-0.39, 0.29) is 24.2 Å². The fourth-order valence-electron chi connectivity index (χ4n) is 1.72. The molecule has 0 spiro atoms. The molecule has 1 fully saturated rings. The van der Waals surface area contributed by atoms with Crippen LogP contribution < -0.4 is 10.2 Å². The highest BCUT2D eigenvalue weighted by Gasteiger charge is 2.30. The van der Waals surface area contributed by atoms with E-state index in [0.717, 1.165) is 0 Å². The minimum atomic E-state index is -0.264. The highest BCUT2D eigenvalue weighted by molar-refractivity contribution is 5.97. The Labute approximate surface area is 93.5 Å². The zero-order chi connectivity index (χ0) is 11.5. The lowest BCUT2D eigenvalue weighted by atomic mass is 10.1. The van der Waals surface area contributed by atoms with E-state index in [2.05, 4.69) is 10.3 Å². The molecular weight excluding hydrogens is 206 g/mol. The maximum atomic E-state index is 12.0. The summed E-state index contributed by atoms with van der Waals surface area (Å²) in [6.45, 7) is 0.425. The summed E-state index contributed by atoms with van der Waals surface area (Å²) in [5, 5.41) is 2.65. The van der Waals surface area contributed by atoms with Crippen molar-refractivity contribution in [2.75, 3.05) is 18.5 Å². The van der Waals surface area contributed by atoms with Crippen molar-refractivity contribution < 1.29 is 9.59 Å². The Bertz CT molecular complexity index is 405. The third-order valence-corrected chi connectivity index (χ3v) is 2.65. The van der Waals surface area contributed by atoms with Gasteiger partial charge < -0.3 is 5.32 Å². The van der Waals surface area contributed by atoms with Crippen LogP contribution in [0.4, 0.5) is 5.82 Å². The number of rotatable bonds is 2. The van der Waals surface area contributed by atoms with E-state index in [0.29, 0.717) is 12.4 Å². The molecule has 5 heteroatoms. The van der Waals surface area contributed by atoms with Gasteiger partial charge in [-0.25, -0.2) is 4.98 Å². The van der Waals surface area contributed by atoms with Crippen molar-refractivity contribution >= 4 is 17.6 Å². The summed E-state index contributed by atoms with van der Waals surface area (Å²) in [5.41, 5.74) is 0. The van der Waals surface area contributed by atoms with Crippen molar-refractivity contribution in [1.29, 1.82) is 0 Å². The number of pyridine rings is 1. The molecule has 0 bridgehead atoms. The van der Waals surface area contributed by atoms with Crippen LogP contribution in [0.1, 0.15) is 6.42 Å². The second-order valence-corrected chi connectivity index (χ2v) is 3.79. The van der Waals surface area contributed by atoms with Crippen molar-refractivity contribution in [3.05, 3.63) is 24.4 Å². The van der Waals surface area contributed by atoms with Crippen molar-refractivity contribution in [2.24, 2.45) is 5.92 Å². The molecule has 2 heterocycles. The predicted molar refractivity (Wildman–Crippen MR) is 58.8 cm³/mol. The molecule has 1 aliphatic rings. The molecule has 2 amide bonds. The largest absolute Gasteiger partial charge is 0.355 e. The molecule has 1 aliphatic heterocycles. The van der Waals surface area contributed by atoms with Gasteiger partial charge in [0.05, 0.1) is 5.92 Å². The number of carbonyl (C=O) groups is 2. The number of hydrogen-bond donors (Lipinski definition) is 1. The van der Waals surface area contributed by atoms with Crippen molar-refractivity contribution in [2.45, 2.75) is 6.42 Å². The van der Waals surface area contributed by atoms with Gasteiger partial charge in [-0.05, 0) is 12.1 Å². The van der Waals surface area contributed by atoms with Crippen LogP contribution in [0.3, 0.4) is 0 Å². The summed E-state index contributed by atoms with van der Waals surface area (Å²) in [5.74, 6) is 0.205. The van der Waals surface area contributed by atoms with E-state index in [1.165, 1.54) is 4.90 Å². The van der Waals surface area contributed by atoms with Gasteiger partial charge in [0.15, 0.2) is 0 Å². The number of nitrogens with one attached hydrogen (secondary N) is 1. The Kier molecular flexibility index (Phi) is 2.85. The summed E-state index contributed by atoms with van der Waals surface area (Å²) in [4.78, 5) is 28.6. The number of amides is 2. The molecule has 16 heavy (non-hydrogen) atoms. The smallest absolute Gasteiger partial charge is 0.233 e. The number of hydrogen-bond acceptors (Lipinski definition) is 3. The first-order valence-corrected chi connectivity index (χ1v) is 5.14. The van der Waals surface area contributed by atoms with Gasteiger partial charge in [-0.1, -0.05) is 6.07 Å². The minimum Gasteiger partial charge on any atom is -0.355 e. The average molecular weight is 219 g/mol. The van der Waals surface area contributed by atoms with Crippen LogP contribution >= 0.6 is 0 Å².